The lowest BCUT2D eigenvalue weighted by Crippen LogP contribution is -2.14. The van der Waals surface area contributed by atoms with Gasteiger partial charge in [-0.2, -0.15) is 0 Å². The fraction of sp³-hybridized carbons (Fsp3) is 0.0833. The molecule has 21 heavy (non-hydrogen) atoms. The van der Waals surface area contributed by atoms with E-state index in [-0.39, 0.29) is 21.4 Å². The quantitative estimate of drug-likeness (QED) is 0.528. The molecule has 0 fully saturated rings. The van der Waals surface area contributed by atoms with E-state index in [2.05, 4.69) is 9.71 Å². The van der Waals surface area contributed by atoms with Crippen LogP contribution in [0.15, 0.2) is 41.4 Å². The number of nitro benzene ring substituents is 1. The molecule has 2 aromatic rings. The number of aromatic nitrogens is 1. The van der Waals surface area contributed by atoms with Crippen molar-refractivity contribution in [3.05, 3.63) is 57.4 Å². The molecule has 7 nitrogen and oxygen atoms in total. The van der Waals surface area contributed by atoms with Crippen LogP contribution in [0, 0.1) is 17.0 Å². The number of anilines is 1. The zero-order valence-electron chi connectivity index (χ0n) is 10.8. The number of sulfonamides is 1. The third-order valence-electron chi connectivity index (χ3n) is 2.69. The number of nitrogens with one attached hydrogen (secondary N) is 1. The molecule has 0 bridgehead atoms. The lowest BCUT2D eigenvalue weighted by molar-refractivity contribution is -0.385. The van der Waals surface area contributed by atoms with Crippen LogP contribution in [0.5, 0.6) is 0 Å². The first-order chi connectivity index (χ1) is 9.81. The predicted octanol–water partition coefficient (Wildman–Crippen LogP) is 2.75. The average Bonchev–Trinajstić information content (AvgIpc) is 2.41. The van der Waals surface area contributed by atoms with Crippen molar-refractivity contribution in [2.45, 2.75) is 11.8 Å². The Labute approximate surface area is 125 Å². The second kappa shape index (κ2) is 5.66. The molecule has 0 radical (unpaired) electrons. The maximum absolute atomic E-state index is 12.2. The van der Waals surface area contributed by atoms with E-state index in [4.69, 9.17) is 11.6 Å². The zero-order valence-corrected chi connectivity index (χ0v) is 12.4. The van der Waals surface area contributed by atoms with Crippen LogP contribution in [0.3, 0.4) is 0 Å². The Kier molecular flexibility index (Phi) is 4.10. The fourth-order valence-corrected chi connectivity index (χ4v) is 2.93. The molecular weight excluding hydrogens is 318 g/mol. The Hall–Kier alpha value is -2.19. The molecule has 0 unspecified atom stereocenters. The van der Waals surface area contributed by atoms with E-state index in [0.29, 0.717) is 5.56 Å². The first-order valence-corrected chi connectivity index (χ1v) is 7.56. The Morgan fingerprint density at radius 2 is 2.05 bits per heavy atom. The van der Waals surface area contributed by atoms with Crippen LogP contribution in [-0.4, -0.2) is 18.3 Å². The highest BCUT2D eigenvalue weighted by molar-refractivity contribution is 7.92. The molecule has 0 atom stereocenters. The normalized spacial score (nSPS) is 11.1. The van der Waals surface area contributed by atoms with E-state index >= 15 is 0 Å². The molecule has 0 aliphatic rings. The van der Waals surface area contributed by atoms with Gasteiger partial charge in [0, 0.05) is 17.8 Å². The van der Waals surface area contributed by atoms with Crippen molar-refractivity contribution in [1.29, 1.82) is 0 Å². The number of rotatable bonds is 4. The molecule has 1 heterocycles. The van der Waals surface area contributed by atoms with Crippen LogP contribution in [0.1, 0.15) is 5.56 Å². The molecule has 0 amide bonds. The maximum atomic E-state index is 12.2. The van der Waals surface area contributed by atoms with Crippen molar-refractivity contribution < 1.29 is 13.3 Å². The van der Waals surface area contributed by atoms with E-state index in [9.17, 15) is 18.5 Å². The van der Waals surface area contributed by atoms with E-state index < -0.39 is 14.9 Å². The van der Waals surface area contributed by atoms with Crippen molar-refractivity contribution in [1.82, 2.24) is 4.98 Å². The molecule has 1 N–H and O–H groups in total. The van der Waals surface area contributed by atoms with Crippen molar-refractivity contribution >= 4 is 33.0 Å². The Balaban J connectivity index is 2.43. The summed E-state index contributed by atoms with van der Waals surface area (Å²) in [7, 11) is -3.99. The lowest BCUT2D eigenvalue weighted by atomic mass is 10.2. The highest BCUT2D eigenvalue weighted by Crippen LogP contribution is 2.25. The molecule has 2 rings (SSSR count). The van der Waals surface area contributed by atoms with Crippen molar-refractivity contribution in [2.75, 3.05) is 4.72 Å². The van der Waals surface area contributed by atoms with Gasteiger partial charge >= 0.3 is 0 Å². The van der Waals surface area contributed by atoms with Gasteiger partial charge in [0.1, 0.15) is 0 Å². The second-order valence-electron chi connectivity index (χ2n) is 4.15. The third-order valence-corrected chi connectivity index (χ3v) is 4.36. The average molecular weight is 328 g/mol. The SMILES string of the molecule is Cc1ccc(S(=O)(=O)Nc2cccnc2Cl)cc1[N+](=O)[O-]. The number of pyridine rings is 1. The minimum Gasteiger partial charge on any atom is -0.276 e. The number of aryl methyl sites for hydroxylation is 1. The summed E-state index contributed by atoms with van der Waals surface area (Å²) < 4.78 is 26.7. The molecule has 9 heteroatoms. The van der Waals surface area contributed by atoms with Gasteiger partial charge in [0.25, 0.3) is 15.7 Å². The summed E-state index contributed by atoms with van der Waals surface area (Å²) >= 11 is 5.78. The Bertz CT molecular complexity index is 808. The van der Waals surface area contributed by atoms with Crippen LogP contribution in [0.2, 0.25) is 5.15 Å². The minimum atomic E-state index is -3.99. The first-order valence-electron chi connectivity index (χ1n) is 5.69. The summed E-state index contributed by atoms with van der Waals surface area (Å²) in [5.41, 5.74) is 0.205. The monoisotopic (exact) mass is 327 g/mol. The van der Waals surface area contributed by atoms with Crippen LogP contribution in [0.25, 0.3) is 0 Å². The third kappa shape index (κ3) is 3.29. The molecule has 0 aliphatic carbocycles. The minimum absolute atomic E-state index is 0.0114. The Morgan fingerprint density at radius 3 is 2.67 bits per heavy atom. The van der Waals surface area contributed by atoms with Crippen LogP contribution in [0.4, 0.5) is 11.4 Å². The summed E-state index contributed by atoms with van der Waals surface area (Å²) in [5.74, 6) is 0. The van der Waals surface area contributed by atoms with Crippen molar-refractivity contribution in [3.63, 3.8) is 0 Å². The van der Waals surface area contributed by atoms with Gasteiger partial charge in [-0.15, -0.1) is 0 Å². The second-order valence-corrected chi connectivity index (χ2v) is 6.19. The molecule has 0 aliphatic heterocycles. The maximum Gasteiger partial charge on any atom is 0.273 e. The molecule has 1 aromatic carbocycles. The summed E-state index contributed by atoms with van der Waals surface area (Å²) in [4.78, 5) is 13.8. The van der Waals surface area contributed by atoms with Gasteiger partial charge in [-0.05, 0) is 25.1 Å². The molecule has 110 valence electrons. The first kappa shape index (κ1) is 15.2. The number of hydrogen-bond acceptors (Lipinski definition) is 5. The van der Waals surface area contributed by atoms with Crippen LogP contribution < -0.4 is 4.72 Å². The van der Waals surface area contributed by atoms with Gasteiger partial charge in [-0.3, -0.25) is 14.8 Å². The number of benzene rings is 1. The summed E-state index contributed by atoms with van der Waals surface area (Å²) in [6.45, 7) is 1.53. The standard InChI is InChI=1S/C12H10ClN3O4S/c1-8-4-5-9(7-11(8)16(17)18)21(19,20)15-10-3-2-6-14-12(10)13/h2-7,15H,1H3. The van der Waals surface area contributed by atoms with E-state index in [1.54, 1.807) is 0 Å². The van der Waals surface area contributed by atoms with E-state index in [1.807, 2.05) is 0 Å². The predicted molar refractivity (Wildman–Crippen MR) is 77.9 cm³/mol. The van der Waals surface area contributed by atoms with Gasteiger partial charge in [0.15, 0.2) is 5.15 Å². The smallest absolute Gasteiger partial charge is 0.273 e. The highest BCUT2D eigenvalue weighted by Gasteiger charge is 2.20. The summed E-state index contributed by atoms with van der Waals surface area (Å²) in [6, 6.07) is 6.62. The Morgan fingerprint density at radius 1 is 1.33 bits per heavy atom. The van der Waals surface area contributed by atoms with Gasteiger partial charge in [-0.1, -0.05) is 17.7 Å². The van der Waals surface area contributed by atoms with Gasteiger partial charge in [0.2, 0.25) is 0 Å². The van der Waals surface area contributed by atoms with Crippen LogP contribution >= 0.6 is 11.6 Å². The van der Waals surface area contributed by atoms with Crippen molar-refractivity contribution in [2.24, 2.45) is 0 Å². The van der Waals surface area contributed by atoms with Crippen molar-refractivity contribution in [3.8, 4) is 0 Å². The summed E-state index contributed by atoms with van der Waals surface area (Å²) in [6.07, 6.45) is 1.41. The zero-order chi connectivity index (χ0) is 15.6. The topological polar surface area (TPSA) is 102 Å². The fourth-order valence-electron chi connectivity index (χ4n) is 1.62. The molecule has 0 saturated carbocycles. The van der Waals surface area contributed by atoms with Gasteiger partial charge in [-0.25, -0.2) is 13.4 Å². The largest absolute Gasteiger partial charge is 0.276 e. The number of nitro groups is 1. The van der Waals surface area contributed by atoms with Crippen LogP contribution in [-0.2, 0) is 10.0 Å². The number of nitrogens with zero attached hydrogens (tertiary/aromatic N) is 2. The van der Waals surface area contributed by atoms with Gasteiger partial charge in [0.05, 0.1) is 15.5 Å². The number of halogens is 1. The van der Waals surface area contributed by atoms with Gasteiger partial charge < -0.3 is 0 Å². The lowest BCUT2D eigenvalue weighted by Gasteiger charge is -2.09. The molecule has 1 aromatic heterocycles. The summed E-state index contributed by atoms with van der Waals surface area (Å²) in [5, 5.41) is 10.9. The molecular formula is C12H10ClN3O4S. The van der Waals surface area contributed by atoms with E-state index in [1.165, 1.54) is 37.4 Å². The molecule has 0 spiro atoms. The van der Waals surface area contributed by atoms with E-state index in [0.717, 1.165) is 6.07 Å². The highest BCUT2D eigenvalue weighted by atomic mass is 35.5. The number of hydrogen-bond donors (Lipinski definition) is 1. The molecule has 0 saturated heterocycles.